The molecule has 1 rings (SSSR count). The first-order valence-electron chi connectivity index (χ1n) is 5.20. The maximum Gasteiger partial charge on any atom is 0.273 e. The van der Waals surface area contributed by atoms with Crippen LogP contribution in [0, 0.1) is 0 Å². The third kappa shape index (κ3) is 3.43. The number of thiazole rings is 1. The van der Waals surface area contributed by atoms with Crippen LogP contribution in [0.25, 0.3) is 0 Å². The smallest absolute Gasteiger partial charge is 0.273 e. The minimum Gasteiger partial charge on any atom is -0.340 e. The molecule has 5 heteroatoms. The zero-order valence-electron chi connectivity index (χ0n) is 9.48. The molecule has 0 bridgehead atoms. The van der Waals surface area contributed by atoms with Crippen LogP contribution < -0.4 is 5.73 Å². The molecule has 2 N–H and O–H groups in total. The van der Waals surface area contributed by atoms with E-state index in [1.807, 2.05) is 6.08 Å². The molecule has 0 aliphatic carbocycles. The lowest BCUT2D eigenvalue weighted by Gasteiger charge is -2.14. The summed E-state index contributed by atoms with van der Waals surface area (Å²) in [6.45, 7) is 4.76. The van der Waals surface area contributed by atoms with Crippen molar-refractivity contribution in [3.05, 3.63) is 28.7 Å². The van der Waals surface area contributed by atoms with Gasteiger partial charge in [-0.3, -0.25) is 4.79 Å². The number of aromatic nitrogens is 1. The van der Waals surface area contributed by atoms with Crippen molar-refractivity contribution in [1.82, 2.24) is 9.88 Å². The highest BCUT2D eigenvalue weighted by atomic mass is 32.1. The van der Waals surface area contributed by atoms with Gasteiger partial charge in [-0.15, -0.1) is 17.9 Å². The molecule has 0 spiro atoms. The molecule has 1 heterocycles. The topological polar surface area (TPSA) is 59.2 Å². The number of hydrogen-bond donors (Lipinski definition) is 1. The summed E-state index contributed by atoms with van der Waals surface area (Å²) < 4.78 is 0. The fourth-order valence-electron chi connectivity index (χ4n) is 1.27. The number of hydrogen-bond acceptors (Lipinski definition) is 4. The number of carbonyl (C=O) groups excluding carboxylic acids is 1. The normalized spacial score (nSPS) is 10.1. The van der Waals surface area contributed by atoms with Crippen LogP contribution in [-0.4, -0.2) is 29.4 Å². The molecule has 0 unspecified atom stereocenters. The fraction of sp³-hybridized carbons (Fsp3) is 0.455. The van der Waals surface area contributed by atoms with E-state index in [1.165, 1.54) is 11.3 Å². The van der Waals surface area contributed by atoms with Crippen LogP contribution in [0.5, 0.6) is 0 Å². The van der Waals surface area contributed by atoms with Gasteiger partial charge in [-0.1, -0.05) is 6.08 Å². The summed E-state index contributed by atoms with van der Waals surface area (Å²) in [5, 5.41) is 2.55. The van der Waals surface area contributed by atoms with Gasteiger partial charge in [-0.05, 0) is 12.8 Å². The van der Waals surface area contributed by atoms with Crippen LogP contribution in [0.15, 0.2) is 18.0 Å². The van der Waals surface area contributed by atoms with Crippen LogP contribution in [0.3, 0.4) is 0 Å². The predicted molar refractivity (Wildman–Crippen MR) is 66.4 cm³/mol. The average Bonchev–Trinajstić information content (AvgIpc) is 2.76. The maximum absolute atomic E-state index is 11.9. The van der Waals surface area contributed by atoms with Gasteiger partial charge < -0.3 is 10.6 Å². The van der Waals surface area contributed by atoms with Gasteiger partial charge in [-0.25, -0.2) is 4.98 Å². The lowest BCUT2D eigenvalue weighted by Crippen LogP contribution is -2.28. The Bertz CT molecular complexity index is 362. The molecule has 0 aromatic carbocycles. The van der Waals surface area contributed by atoms with Crippen molar-refractivity contribution < 1.29 is 4.79 Å². The number of allylic oxidation sites excluding steroid dienone is 1. The Morgan fingerprint density at radius 1 is 1.75 bits per heavy atom. The van der Waals surface area contributed by atoms with Crippen molar-refractivity contribution in [3.63, 3.8) is 0 Å². The van der Waals surface area contributed by atoms with Crippen LogP contribution in [0.1, 0.15) is 28.3 Å². The monoisotopic (exact) mass is 239 g/mol. The van der Waals surface area contributed by atoms with Crippen LogP contribution in [0.2, 0.25) is 0 Å². The molecule has 1 aromatic rings. The SMILES string of the molecule is C=CCCCN(C)C(=O)c1csc(CN)n1. The molecule has 0 atom stereocenters. The Morgan fingerprint density at radius 3 is 3.06 bits per heavy atom. The van der Waals surface area contributed by atoms with Gasteiger partial charge in [0.15, 0.2) is 0 Å². The highest BCUT2D eigenvalue weighted by molar-refractivity contribution is 7.09. The van der Waals surface area contributed by atoms with Gasteiger partial charge >= 0.3 is 0 Å². The summed E-state index contributed by atoms with van der Waals surface area (Å²) >= 11 is 1.42. The molecular weight excluding hydrogens is 222 g/mol. The van der Waals surface area contributed by atoms with E-state index in [2.05, 4.69) is 11.6 Å². The van der Waals surface area contributed by atoms with Gasteiger partial charge in [0, 0.05) is 25.5 Å². The molecule has 0 aliphatic heterocycles. The molecule has 0 radical (unpaired) electrons. The second-order valence-electron chi connectivity index (χ2n) is 3.49. The van der Waals surface area contributed by atoms with Crippen molar-refractivity contribution in [2.75, 3.05) is 13.6 Å². The molecule has 16 heavy (non-hydrogen) atoms. The van der Waals surface area contributed by atoms with E-state index in [0.29, 0.717) is 12.2 Å². The maximum atomic E-state index is 11.9. The molecule has 0 saturated carbocycles. The van der Waals surface area contributed by atoms with Crippen molar-refractivity contribution in [2.24, 2.45) is 5.73 Å². The van der Waals surface area contributed by atoms with E-state index in [0.717, 1.165) is 24.4 Å². The largest absolute Gasteiger partial charge is 0.340 e. The first-order valence-corrected chi connectivity index (χ1v) is 6.07. The molecule has 1 amide bonds. The van der Waals surface area contributed by atoms with Gasteiger partial charge in [0.25, 0.3) is 5.91 Å². The molecule has 1 aromatic heterocycles. The number of unbranched alkanes of at least 4 members (excludes halogenated alkanes) is 1. The second-order valence-corrected chi connectivity index (χ2v) is 4.43. The third-order valence-electron chi connectivity index (χ3n) is 2.19. The summed E-state index contributed by atoms with van der Waals surface area (Å²) in [5.41, 5.74) is 5.94. The van der Waals surface area contributed by atoms with E-state index in [9.17, 15) is 4.79 Å². The van der Waals surface area contributed by atoms with Gasteiger partial charge in [0.1, 0.15) is 10.7 Å². The number of nitrogens with two attached hydrogens (primary N) is 1. The minimum atomic E-state index is -0.0417. The number of nitrogens with zero attached hydrogens (tertiary/aromatic N) is 2. The highest BCUT2D eigenvalue weighted by Crippen LogP contribution is 2.11. The Kier molecular flexibility index (Phi) is 5.14. The standard InChI is InChI=1S/C11H17N3OS/c1-3-4-5-6-14(2)11(15)9-8-16-10(7-12)13-9/h3,8H,1,4-7,12H2,2H3. The fourth-order valence-corrected chi connectivity index (χ4v) is 1.92. The van der Waals surface area contributed by atoms with E-state index in [1.54, 1.807) is 17.3 Å². The first-order chi connectivity index (χ1) is 7.69. The lowest BCUT2D eigenvalue weighted by molar-refractivity contribution is 0.0788. The lowest BCUT2D eigenvalue weighted by atomic mass is 10.3. The summed E-state index contributed by atoms with van der Waals surface area (Å²) in [6.07, 6.45) is 3.70. The zero-order valence-corrected chi connectivity index (χ0v) is 10.3. The summed E-state index contributed by atoms with van der Waals surface area (Å²) in [4.78, 5) is 17.7. The number of carbonyl (C=O) groups is 1. The number of amides is 1. The van der Waals surface area contributed by atoms with E-state index < -0.39 is 0 Å². The van der Waals surface area contributed by atoms with E-state index in [-0.39, 0.29) is 5.91 Å². The Hall–Kier alpha value is -1.20. The van der Waals surface area contributed by atoms with E-state index >= 15 is 0 Å². The van der Waals surface area contributed by atoms with Crippen LogP contribution in [0.4, 0.5) is 0 Å². The Labute approximate surface area is 99.8 Å². The van der Waals surface area contributed by atoms with Crippen molar-refractivity contribution in [1.29, 1.82) is 0 Å². The zero-order chi connectivity index (χ0) is 12.0. The molecule has 0 fully saturated rings. The quantitative estimate of drug-likeness (QED) is 0.606. The predicted octanol–water partition coefficient (Wildman–Crippen LogP) is 1.64. The van der Waals surface area contributed by atoms with Gasteiger partial charge in [-0.2, -0.15) is 0 Å². The average molecular weight is 239 g/mol. The first kappa shape index (κ1) is 12.9. The van der Waals surface area contributed by atoms with Gasteiger partial charge in [0.05, 0.1) is 0 Å². The van der Waals surface area contributed by atoms with E-state index in [4.69, 9.17) is 5.73 Å². The number of rotatable bonds is 6. The van der Waals surface area contributed by atoms with Crippen molar-refractivity contribution >= 4 is 17.2 Å². The molecule has 4 nitrogen and oxygen atoms in total. The van der Waals surface area contributed by atoms with Crippen molar-refractivity contribution in [2.45, 2.75) is 19.4 Å². The molecule has 88 valence electrons. The second kappa shape index (κ2) is 6.40. The van der Waals surface area contributed by atoms with Crippen LogP contribution in [-0.2, 0) is 6.54 Å². The molecule has 0 aliphatic rings. The third-order valence-corrected chi connectivity index (χ3v) is 3.07. The highest BCUT2D eigenvalue weighted by Gasteiger charge is 2.14. The van der Waals surface area contributed by atoms with Crippen LogP contribution >= 0.6 is 11.3 Å². The Morgan fingerprint density at radius 2 is 2.50 bits per heavy atom. The molecular formula is C11H17N3OS. The molecule has 0 saturated heterocycles. The summed E-state index contributed by atoms with van der Waals surface area (Å²) in [5.74, 6) is -0.0417. The van der Waals surface area contributed by atoms with Crippen molar-refractivity contribution in [3.8, 4) is 0 Å². The summed E-state index contributed by atoms with van der Waals surface area (Å²) in [6, 6.07) is 0. The van der Waals surface area contributed by atoms with Gasteiger partial charge in [0.2, 0.25) is 0 Å². The minimum absolute atomic E-state index is 0.0417. The Balaban J connectivity index is 2.52. The summed E-state index contributed by atoms with van der Waals surface area (Å²) in [7, 11) is 1.78.